The quantitative estimate of drug-likeness (QED) is 0.0828. The second kappa shape index (κ2) is 17.4. The van der Waals surface area contributed by atoms with Crippen molar-refractivity contribution in [3.8, 4) is 23.0 Å². The van der Waals surface area contributed by atoms with Gasteiger partial charge in [-0.05, 0) is 89.2 Å². The highest BCUT2D eigenvalue weighted by molar-refractivity contribution is 7.81. The minimum absolute atomic E-state index is 0.00296. The third-order valence-electron chi connectivity index (χ3n) is 11.6. The fourth-order valence-corrected chi connectivity index (χ4v) is 8.44. The molecule has 0 saturated heterocycles. The fourth-order valence-electron chi connectivity index (χ4n) is 8.32. The van der Waals surface area contributed by atoms with E-state index in [1.165, 1.54) is 26.4 Å². The highest BCUT2D eigenvalue weighted by Crippen LogP contribution is 2.42. The normalized spacial score (nSPS) is 15.1. The summed E-state index contributed by atoms with van der Waals surface area (Å²) >= 11 is 4.61. The molecule has 5 aromatic carbocycles. The van der Waals surface area contributed by atoms with Gasteiger partial charge in [0, 0.05) is 60.5 Å². The first kappa shape index (κ1) is 42.2. The highest BCUT2D eigenvalue weighted by atomic mass is 32.1. The first-order valence-corrected chi connectivity index (χ1v) is 21.0. The molecule has 0 aromatic heterocycles. The first-order valence-electron chi connectivity index (χ1n) is 20.6. The van der Waals surface area contributed by atoms with Crippen molar-refractivity contribution in [1.29, 1.82) is 0 Å². The molecule has 13 nitrogen and oxygen atoms in total. The second-order valence-corrected chi connectivity index (χ2v) is 17.6. The van der Waals surface area contributed by atoms with Crippen molar-refractivity contribution in [3.05, 3.63) is 129 Å². The molecular formula is C48H49N5O8S. The standard InChI is InChI=1S/C48H49N5O8S/c1-48(2,62)16-14-45(54)51(3)33-19-29(27-60-43-24-37-35(22-41(43)58-4)47(56)53-34(26-49-37)21-32-11-7-9-13-40(32)53)18-30(20-33)28-61-44-25-38(50-57)36(23-42(44)59-5)46(55)52-17-15-31-10-6-8-12-39(31)52/h6-13,18-20,22-25,34,49,62H,14-17,21,26-28H2,1-5H3/t34-/m0/s1. The largest absolute Gasteiger partial charge is 0.493 e. The Kier molecular flexibility index (Phi) is 11.9. The number of amides is 3. The topological polar surface area (TPSA) is 139 Å². The van der Waals surface area contributed by atoms with E-state index in [1.807, 2.05) is 79.4 Å². The van der Waals surface area contributed by atoms with Gasteiger partial charge in [0.25, 0.3) is 11.8 Å². The number of ether oxygens (including phenoxy) is 4. The van der Waals surface area contributed by atoms with E-state index in [0.29, 0.717) is 59.9 Å². The number of anilines is 4. The Hall–Kier alpha value is -6.54. The van der Waals surface area contributed by atoms with E-state index in [9.17, 15) is 19.3 Å². The molecule has 0 unspecified atom stereocenters. The lowest BCUT2D eigenvalue weighted by molar-refractivity contribution is -0.118. The van der Waals surface area contributed by atoms with Crippen molar-refractivity contribution in [2.75, 3.05) is 54.4 Å². The molecule has 14 heteroatoms. The smallest absolute Gasteiger partial charge is 0.260 e. The van der Waals surface area contributed by atoms with E-state index >= 15 is 0 Å². The lowest BCUT2D eigenvalue weighted by atomic mass is 10.1. The second-order valence-electron chi connectivity index (χ2n) is 16.4. The Morgan fingerprint density at radius 3 is 2.18 bits per heavy atom. The summed E-state index contributed by atoms with van der Waals surface area (Å²) in [5, 5.41) is 6.68. The Balaban J connectivity index is 1.06. The van der Waals surface area contributed by atoms with Crippen LogP contribution in [0.4, 0.5) is 28.4 Å². The predicted octanol–water partition coefficient (Wildman–Crippen LogP) is 8.91. The molecule has 3 aliphatic heterocycles. The van der Waals surface area contributed by atoms with Gasteiger partial charge in [-0.1, -0.05) is 50.2 Å². The zero-order chi connectivity index (χ0) is 43.7. The Morgan fingerprint density at radius 1 is 0.855 bits per heavy atom. The van der Waals surface area contributed by atoms with Crippen LogP contribution in [-0.2, 0) is 30.8 Å². The molecule has 0 fully saturated rings. The van der Waals surface area contributed by atoms with Crippen LogP contribution in [0.25, 0.3) is 0 Å². The van der Waals surface area contributed by atoms with Gasteiger partial charge >= 0.3 is 0 Å². The van der Waals surface area contributed by atoms with Gasteiger partial charge in [0.2, 0.25) is 5.91 Å². The number of carbonyl (C=O) groups is 3. The third-order valence-corrected chi connectivity index (χ3v) is 11.9. The molecule has 5 aromatic rings. The zero-order valence-corrected chi connectivity index (χ0v) is 36.3. The number of hydrogen-bond acceptors (Lipinski definition) is 11. The van der Waals surface area contributed by atoms with Gasteiger partial charge in [0.1, 0.15) is 18.9 Å². The number of hydrogen-bond donors (Lipinski definition) is 2. The van der Waals surface area contributed by atoms with E-state index in [0.717, 1.165) is 34.5 Å². The maximum absolute atomic E-state index is 14.0. The maximum atomic E-state index is 14.0. The van der Waals surface area contributed by atoms with Crippen LogP contribution in [-0.4, -0.2) is 62.9 Å². The SMILES string of the molecule is COc1cc(C(=O)N2CCc3ccccc32)c(N=O)cc1OCc1cc(COc2cc3c(cc2OC)C(=O)N2c4ccccc4C[C@H]2CN3)cc(N(C)C(=O)CCC(C)(C)S)c1. The van der Waals surface area contributed by atoms with Gasteiger partial charge < -0.3 is 39.0 Å². The lowest BCUT2D eigenvalue weighted by Crippen LogP contribution is -2.39. The number of carbonyl (C=O) groups excluding carboxylic acids is 3. The molecule has 320 valence electrons. The number of nitrogens with one attached hydrogen (secondary N) is 1. The minimum atomic E-state index is -0.361. The van der Waals surface area contributed by atoms with E-state index in [1.54, 1.807) is 29.0 Å². The molecule has 0 saturated carbocycles. The predicted molar refractivity (Wildman–Crippen MR) is 243 cm³/mol. The molecular weight excluding hydrogens is 807 g/mol. The number of methoxy groups -OCH3 is 2. The molecule has 0 spiro atoms. The summed E-state index contributed by atoms with van der Waals surface area (Å²) in [6.07, 6.45) is 2.33. The van der Waals surface area contributed by atoms with Crippen molar-refractivity contribution >= 4 is 58.8 Å². The van der Waals surface area contributed by atoms with Crippen LogP contribution in [0.3, 0.4) is 0 Å². The summed E-state index contributed by atoms with van der Waals surface area (Å²) in [6, 6.07) is 27.7. The number of nitroso groups, excluding NO2 is 1. The fraction of sp³-hybridized carbons (Fsp3) is 0.312. The van der Waals surface area contributed by atoms with E-state index < -0.39 is 0 Å². The average Bonchev–Trinajstić information content (AvgIpc) is 3.85. The van der Waals surface area contributed by atoms with Crippen LogP contribution in [0.2, 0.25) is 0 Å². The molecule has 0 radical (unpaired) electrons. The summed E-state index contributed by atoms with van der Waals surface area (Å²) in [4.78, 5) is 58.6. The van der Waals surface area contributed by atoms with Crippen LogP contribution in [0.15, 0.2) is 96.2 Å². The van der Waals surface area contributed by atoms with Gasteiger partial charge in [0.05, 0.1) is 37.1 Å². The van der Waals surface area contributed by atoms with Gasteiger partial charge in [-0.2, -0.15) is 12.6 Å². The van der Waals surface area contributed by atoms with Crippen LogP contribution in [0, 0.1) is 4.91 Å². The van der Waals surface area contributed by atoms with Gasteiger partial charge in [-0.3, -0.25) is 14.4 Å². The summed E-state index contributed by atoms with van der Waals surface area (Å²) in [7, 11) is 4.72. The Bertz CT molecular complexity index is 2570. The molecule has 3 heterocycles. The number of rotatable bonds is 14. The summed E-state index contributed by atoms with van der Waals surface area (Å²) in [6.45, 7) is 5.06. The van der Waals surface area contributed by atoms with Crippen molar-refractivity contribution in [2.24, 2.45) is 5.18 Å². The van der Waals surface area contributed by atoms with Crippen LogP contribution in [0.5, 0.6) is 23.0 Å². The molecule has 1 N–H and O–H groups in total. The third kappa shape index (κ3) is 8.51. The van der Waals surface area contributed by atoms with Gasteiger partial charge in [-0.15, -0.1) is 4.91 Å². The zero-order valence-electron chi connectivity index (χ0n) is 35.4. The number of thiol groups is 1. The minimum Gasteiger partial charge on any atom is -0.493 e. The Morgan fingerprint density at radius 2 is 1.50 bits per heavy atom. The molecule has 3 aliphatic rings. The summed E-state index contributed by atoms with van der Waals surface area (Å²) < 4.78 is 23.8. The molecule has 8 rings (SSSR count). The van der Waals surface area contributed by atoms with Crippen molar-refractivity contribution in [3.63, 3.8) is 0 Å². The maximum Gasteiger partial charge on any atom is 0.260 e. The monoisotopic (exact) mass is 855 g/mol. The van der Waals surface area contributed by atoms with Gasteiger partial charge in [-0.25, -0.2) is 0 Å². The summed E-state index contributed by atoms with van der Waals surface area (Å²) in [5.41, 5.74) is 7.10. The summed E-state index contributed by atoms with van der Waals surface area (Å²) in [5.74, 6) is 0.735. The number of benzene rings is 5. The number of nitrogens with zero attached hydrogens (tertiary/aromatic N) is 4. The lowest BCUT2D eigenvalue weighted by Gasteiger charge is -2.23. The van der Waals surface area contributed by atoms with Crippen LogP contribution in [0.1, 0.15) is 69.7 Å². The Labute approximate surface area is 366 Å². The average molecular weight is 856 g/mol. The molecule has 0 bridgehead atoms. The van der Waals surface area contributed by atoms with Gasteiger partial charge in [0.15, 0.2) is 23.0 Å². The van der Waals surface area contributed by atoms with Crippen molar-refractivity contribution in [1.82, 2.24) is 0 Å². The van der Waals surface area contributed by atoms with E-state index in [-0.39, 0.29) is 70.9 Å². The van der Waals surface area contributed by atoms with Crippen LogP contribution >= 0.6 is 12.6 Å². The van der Waals surface area contributed by atoms with Crippen molar-refractivity contribution in [2.45, 2.75) is 63.5 Å². The molecule has 62 heavy (non-hydrogen) atoms. The molecule has 0 aliphatic carbocycles. The highest BCUT2D eigenvalue weighted by Gasteiger charge is 2.38. The number of para-hydroxylation sites is 2. The molecule has 3 amide bonds. The molecule has 1 atom stereocenters. The van der Waals surface area contributed by atoms with E-state index in [4.69, 9.17) is 18.9 Å². The number of fused-ring (bicyclic) bond motifs is 5. The van der Waals surface area contributed by atoms with Crippen molar-refractivity contribution < 1.29 is 33.3 Å². The van der Waals surface area contributed by atoms with Crippen LogP contribution < -0.4 is 39.0 Å². The first-order chi connectivity index (χ1) is 29.8. The van der Waals surface area contributed by atoms with E-state index in [2.05, 4.69) is 29.2 Å².